The maximum Gasteiger partial charge on any atom is 0.453 e. The predicted molar refractivity (Wildman–Crippen MR) is 117 cm³/mol. The predicted octanol–water partition coefficient (Wildman–Crippen LogP) is 7.25. The molecular weight excluding hydrogens is 489 g/mol. The summed E-state index contributed by atoms with van der Waals surface area (Å²) in [6.07, 6.45) is -4.93. The summed E-state index contributed by atoms with van der Waals surface area (Å²) in [7, 11) is 0. The normalized spacial score (nSPS) is 11.5. The third-order valence-electron chi connectivity index (χ3n) is 4.61. The lowest BCUT2D eigenvalue weighted by molar-refractivity contribution is -0.154. The van der Waals surface area contributed by atoms with Crippen molar-refractivity contribution in [1.82, 2.24) is 0 Å². The Hall–Kier alpha value is -3.26. The molecule has 0 N–H and O–H groups in total. The molecule has 32 heavy (non-hydrogen) atoms. The number of benzene rings is 3. The molecule has 0 fully saturated rings. The summed E-state index contributed by atoms with van der Waals surface area (Å²) in [5.74, 6) is -2.03. The fourth-order valence-corrected chi connectivity index (χ4v) is 3.33. The Morgan fingerprint density at radius 2 is 1.72 bits per heavy atom. The van der Waals surface area contributed by atoms with Gasteiger partial charge in [0.15, 0.2) is 0 Å². The lowest BCUT2D eigenvalue weighted by atomic mass is 10.2. The minimum Gasteiger partial charge on any atom is -0.489 e. The monoisotopic (exact) mass is 504 g/mol. The van der Waals surface area contributed by atoms with E-state index in [1.54, 1.807) is 19.1 Å². The van der Waals surface area contributed by atoms with Gasteiger partial charge < -0.3 is 13.9 Å². The first-order chi connectivity index (χ1) is 15.2. The number of ether oxygens (including phenoxy) is 2. The van der Waals surface area contributed by atoms with Crippen molar-refractivity contribution in [3.8, 4) is 17.2 Å². The van der Waals surface area contributed by atoms with Crippen molar-refractivity contribution in [2.24, 2.45) is 0 Å². The van der Waals surface area contributed by atoms with Crippen LogP contribution >= 0.6 is 15.9 Å². The average Bonchev–Trinajstić information content (AvgIpc) is 2.74. The molecule has 0 aliphatic rings. The highest BCUT2D eigenvalue weighted by Gasteiger charge is 2.40. The second-order valence-corrected chi connectivity index (χ2v) is 7.99. The molecule has 4 rings (SSSR count). The van der Waals surface area contributed by atoms with Crippen LogP contribution in [0.15, 0.2) is 80.4 Å². The minimum atomic E-state index is -4.93. The molecule has 0 aliphatic carbocycles. The van der Waals surface area contributed by atoms with Crippen LogP contribution in [0.25, 0.3) is 11.0 Å². The molecule has 0 saturated heterocycles. The fraction of sp³-hybridized carbons (Fsp3) is 0.125. The van der Waals surface area contributed by atoms with E-state index in [2.05, 4.69) is 15.9 Å². The van der Waals surface area contributed by atoms with E-state index < -0.39 is 23.1 Å². The Morgan fingerprint density at radius 1 is 0.969 bits per heavy atom. The molecule has 0 saturated carbocycles. The highest BCUT2D eigenvalue weighted by molar-refractivity contribution is 9.10. The number of aryl methyl sites for hydroxylation is 1. The van der Waals surface area contributed by atoms with E-state index >= 15 is 0 Å². The maximum absolute atomic E-state index is 13.7. The van der Waals surface area contributed by atoms with Gasteiger partial charge >= 0.3 is 6.18 Å². The first kappa shape index (κ1) is 22.0. The number of alkyl halides is 3. The molecule has 8 heteroatoms. The van der Waals surface area contributed by atoms with Gasteiger partial charge in [-0.25, -0.2) is 0 Å². The summed E-state index contributed by atoms with van der Waals surface area (Å²) in [6.45, 7) is 1.96. The Balaban J connectivity index is 1.72. The molecule has 1 aromatic heterocycles. The van der Waals surface area contributed by atoms with Crippen LogP contribution in [0.2, 0.25) is 0 Å². The Morgan fingerprint density at radius 3 is 2.41 bits per heavy atom. The number of rotatable bonds is 5. The van der Waals surface area contributed by atoms with E-state index in [4.69, 9.17) is 13.9 Å². The maximum atomic E-state index is 13.7. The summed E-state index contributed by atoms with van der Waals surface area (Å²) in [5.41, 5.74) is 0.480. The van der Waals surface area contributed by atoms with Gasteiger partial charge in [0.2, 0.25) is 11.2 Å². The van der Waals surface area contributed by atoms with Crippen molar-refractivity contribution >= 4 is 26.9 Å². The van der Waals surface area contributed by atoms with Crippen LogP contribution in [0, 0.1) is 6.92 Å². The number of fused-ring (bicyclic) bond motifs is 1. The van der Waals surface area contributed by atoms with E-state index in [0.717, 1.165) is 15.6 Å². The third-order valence-corrected chi connectivity index (χ3v) is 5.14. The quantitative estimate of drug-likeness (QED) is 0.287. The topological polar surface area (TPSA) is 48.7 Å². The molecule has 3 aromatic carbocycles. The van der Waals surface area contributed by atoms with Crippen molar-refractivity contribution in [2.75, 3.05) is 0 Å². The molecule has 4 aromatic rings. The van der Waals surface area contributed by atoms with Gasteiger partial charge in [0.05, 0.1) is 5.39 Å². The van der Waals surface area contributed by atoms with Gasteiger partial charge in [-0.15, -0.1) is 0 Å². The van der Waals surface area contributed by atoms with Gasteiger partial charge in [0.25, 0.3) is 5.76 Å². The van der Waals surface area contributed by atoms with Gasteiger partial charge in [-0.2, -0.15) is 13.2 Å². The van der Waals surface area contributed by atoms with Crippen molar-refractivity contribution in [3.05, 3.63) is 98.3 Å². The van der Waals surface area contributed by atoms with E-state index in [-0.39, 0.29) is 29.1 Å². The SMILES string of the molecule is Cc1cccc(Oc2c(C(F)(F)F)oc3cc(OCc4ccc(Br)cc4)ccc3c2=O)c1. The van der Waals surface area contributed by atoms with Gasteiger partial charge in [-0.3, -0.25) is 4.79 Å². The van der Waals surface area contributed by atoms with Crippen molar-refractivity contribution in [3.63, 3.8) is 0 Å². The standard InChI is InChI=1S/C24H16BrF3O4/c1-14-3-2-4-18(11-14)31-22-21(29)19-10-9-17(12-20(19)32-23(22)24(26,27)28)30-13-15-5-7-16(25)8-6-15/h2-12H,13H2,1H3. The van der Waals surface area contributed by atoms with Crippen LogP contribution in [0.4, 0.5) is 13.2 Å². The van der Waals surface area contributed by atoms with Crippen molar-refractivity contribution in [1.29, 1.82) is 0 Å². The van der Waals surface area contributed by atoms with Crippen LogP contribution < -0.4 is 14.9 Å². The summed E-state index contributed by atoms with van der Waals surface area (Å²) >= 11 is 3.34. The smallest absolute Gasteiger partial charge is 0.453 e. The first-order valence-electron chi connectivity index (χ1n) is 9.50. The summed E-state index contributed by atoms with van der Waals surface area (Å²) in [4.78, 5) is 12.9. The van der Waals surface area contributed by atoms with Crippen LogP contribution in [-0.2, 0) is 12.8 Å². The number of hydrogen-bond acceptors (Lipinski definition) is 4. The van der Waals surface area contributed by atoms with Gasteiger partial charge in [0.1, 0.15) is 23.7 Å². The van der Waals surface area contributed by atoms with E-state index in [1.165, 1.54) is 30.3 Å². The zero-order valence-electron chi connectivity index (χ0n) is 16.7. The zero-order chi connectivity index (χ0) is 22.9. The highest BCUT2D eigenvalue weighted by Crippen LogP contribution is 2.38. The molecule has 1 heterocycles. The zero-order valence-corrected chi connectivity index (χ0v) is 18.3. The molecule has 0 amide bonds. The summed E-state index contributed by atoms with van der Waals surface area (Å²) < 4.78 is 58.1. The molecule has 0 radical (unpaired) electrons. The van der Waals surface area contributed by atoms with Crippen LogP contribution in [0.5, 0.6) is 17.2 Å². The highest BCUT2D eigenvalue weighted by atomic mass is 79.9. The summed E-state index contributed by atoms with van der Waals surface area (Å²) in [5, 5.41) is -0.0448. The fourth-order valence-electron chi connectivity index (χ4n) is 3.07. The molecule has 0 unspecified atom stereocenters. The average molecular weight is 505 g/mol. The largest absolute Gasteiger partial charge is 0.489 e. The molecular formula is C24H16BrF3O4. The van der Waals surface area contributed by atoms with Gasteiger partial charge in [-0.05, 0) is 54.4 Å². The summed E-state index contributed by atoms with van der Waals surface area (Å²) in [6, 6.07) is 17.9. The molecule has 4 nitrogen and oxygen atoms in total. The van der Waals surface area contributed by atoms with Gasteiger partial charge in [-0.1, -0.05) is 40.2 Å². The van der Waals surface area contributed by atoms with E-state index in [9.17, 15) is 18.0 Å². The number of hydrogen-bond donors (Lipinski definition) is 0. The minimum absolute atomic E-state index is 0.0448. The molecule has 0 spiro atoms. The molecule has 164 valence electrons. The van der Waals surface area contributed by atoms with Gasteiger partial charge in [0, 0.05) is 10.5 Å². The van der Waals surface area contributed by atoms with Crippen LogP contribution in [0.3, 0.4) is 0 Å². The van der Waals surface area contributed by atoms with Crippen molar-refractivity contribution < 1.29 is 27.1 Å². The van der Waals surface area contributed by atoms with Crippen LogP contribution in [-0.4, -0.2) is 0 Å². The first-order valence-corrected chi connectivity index (χ1v) is 10.3. The Labute approximate surface area is 189 Å². The van der Waals surface area contributed by atoms with Crippen LogP contribution in [0.1, 0.15) is 16.9 Å². The molecule has 0 bridgehead atoms. The third kappa shape index (κ3) is 4.80. The second kappa shape index (κ2) is 8.70. The molecule has 0 atom stereocenters. The van der Waals surface area contributed by atoms with Crippen molar-refractivity contribution in [2.45, 2.75) is 19.7 Å². The molecule has 0 aliphatic heterocycles. The second-order valence-electron chi connectivity index (χ2n) is 7.08. The van der Waals surface area contributed by atoms with E-state index in [1.807, 2.05) is 24.3 Å². The van der Waals surface area contributed by atoms with E-state index in [0.29, 0.717) is 0 Å². The Bertz CT molecular complexity index is 1330. The number of halogens is 4. The Kier molecular flexibility index (Phi) is 5.97. The lowest BCUT2D eigenvalue weighted by Gasteiger charge is -2.14. The lowest BCUT2D eigenvalue weighted by Crippen LogP contribution is -2.15.